The first-order valence-electron chi connectivity index (χ1n) is 6.44. The summed E-state index contributed by atoms with van der Waals surface area (Å²) in [7, 11) is 0. The molecular weight excluding hydrogens is 272 g/mol. The summed E-state index contributed by atoms with van der Waals surface area (Å²) in [4.78, 5) is 17.6. The standard InChI is InChI=1S/C14H12N4OS/c19-14-17-6-5-15-7-13(17)16-18(14)8-10-9-20-12-4-2-1-3-11(10)12/h1-7,10H,8-9H2. The Morgan fingerprint density at radius 2 is 2.25 bits per heavy atom. The molecule has 0 aliphatic carbocycles. The Balaban J connectivity index is 1.72. The summed E-state index contributed by atoms with van der Waals surface area (Å²) in [6, 6.07) is 8.38. The van der Waals surface area contributed by atoms with Crippen molar-refractivity contribution >= 4 is 17.4 Å². The minimum Gasteiger partial charge on any atom is -0.259 e. The molecule has 4 rings (SSSR count). The maximum absolute atomic E-state index is 12.3. The minimum atomic E-state index is -0.100. The second kappa shape index (κ2) is 4.49. The van der Waals surface area contributed by atoms with Crippen molar-refractivity contribution in [1.82, 2.24) is 19.2 Å². The monoisotopic (exact) mass is 284 g/mol. The molecule has 3 aromatic rings. The lowest BCUT2D eigenvalue weighted by atomic mass is 10.0. The Morgan fingerprint density at radius 3 is 3.15 bits per heavy atom. The van der Waals surface area contributed by atoms with E-state index in [0.29, 0.717) is 18.1 Å². The zero-order valence-electron chi connectivity index (χ0n) is 10.6. The molecule has 0 saturated heterocycles. The number of hydrogen-bond acceptors (Lipinski definition) is 4. The van der Waals surface area contributed by atoms with Crippen LogP contribution in [0.2, 0.25) is 0 Å². The van der Waals surface area contributed by atoms with Crippen molar-refractivity contribution in [1.29, 1.82) is 0 Å². The zero-order chi connectivity index (χ0) is 13.5. The molecule has 1 unspecified atom stereocenters. The summed E-state index contributed by atoms with van der Waals surface area (Å²) >= 11 is 1.85. The number of aromatic nitrogens is 4. The first kappa shape index (κ1) is 11.7. The van der Waals surface area contributed by atoms with Gasteiger partial charge >= 0.3 is 5.69 Å². The SMILES string of the molecule is O=c1n(CC2CSc3ccccc32)nc2cnccn12. The quantitative estimate of drug-likeness (QED) is 0.720. The second-order valence-electron chi connectivity index (χ2n) is 4.81. The molecule has 5 nitrogen and oxygen atoms in total. The molecule has 1 atom stereocenters. The van der Waals surface area contributed by atoms with E-state index in [4.69, 9.17) is 0 Å². The van der Waals surface area contributed by atoms with Gasteiger partial charge in [0.25, 0.3) is 0 Å². The summed E-state index contributed by atoms with van der Waals surface area (Å²) in [6.45, 7) is 0.616. The Hall–Kier alpha value is -2.08. The molecule has 2 aromatic heterocycles. The Morgan fingerprint density at radius 1 is 1.35 bits per heavy atom. The number of nitrogens with zero attached hydrogens (tertiary/aromatic N) is 4. The average molecular weight is 284 g/mol. The third-order valence-electron chi connectivity index (χ3n) is 3.58. The summed E-state index contributed by atoms with van der Waals surface area (Å²) < 4.78 is 3.07. The highest BCUT2D eigenvalue weighted by atomic mass is 32.2. The summed E-state index contributed by atoms with van der Waals surface area (Å²) in [6.07, 6.45) is 4.86. The molecule has 1 aromatic carbocycles. The van der Waals surface area contributed by atoms with Crippen LogP contribution in [0.5, 0.6) is 0 Å². The van der Waals surface area contributed by atoms with Gasteiger partial charge in [0.05, 0.1) is 12.7 Å². The Kier molecular flexibility index (Phi) is 2.63. The normalized spacial score (nSPS) is 17.5. The first-order valence-corrected chi connectivity index (χ1v) is 7.42. The van der Waals surface area contributed by atoms with Crippen molar-refractivity contribution in [3.05, 3.63) is 58.9 Å². The first-order chi connectivity index (χ1) is 9.83. The van der Waals surface area contributed by atoms with Crippen LogP contribution in [0.3, 0.4) is 0 Å². The van der Waals surface area contributed by atoms with Crippen LogP contribution in [-0.4, -0.2) is 24.9 Å². The Bertz CT molecular complexity index is 838. The van der Waals surface area contributed by atoms with Gasteiger partial charge in [-0.1, -0.05) is 18.2 Å². The lowest BCUT2D eigenvalue weighted by Gasteiger charge is -2.09. The highest BCUT2D eigenvalue weighted by molar-refractivity contribution is 7.99. The maximum atomic E-state index is 12.3. The summed E-state index contributed by atoms with van der Waals surface area (Å²) in [5.74, 6) is 1.34. The number of benzene rings is 1. The highest BCUT2D eigenvalue weighted by Gasteiger charge is 2.24. The van der Waals surface area contributed by atoms with Crippen LogP contribution in [0.25, 0.3) is 5.65 Å². The maximum Gasteiger partial charge on any atom is 0.350 e. The summed E-state index contributed by atoms with van der Waals surface area (Å²) in [5.41, 5.74) is 1.81. The van der Waals surface area contributed by atoms with E-state index < -0.39 is 0 Å². The fraction of sp³-hybridized carbons (Fsp3) is 0.214. The molecule has 0 amide bonds. The number of hydrogen-bond donors (Lipinski definition) is 0. The highest BCUT2D eigenvalue weighted by Crippen LogP contribution is 2.39. The van der Waals surface area contributed by atoms with Crippen molar-refractivity contribution in [3.8, 4) is 0 Å². The van der Waals surface area contributed by atoms with Crippen molar-refractivity contribution in [2.45, 2.75) is 17.4 Å². The fourth-order valence-corrected chi connectivity index (χ4v) is 3.83. The number of fused-ring (bicyclic) bond motifs is 2. The van der Waals surface area contributed by atoms with Gasteiger partial charge in [-0.3, -0.25) is 4.98 Å². The van der Waals surface area contributed by atoms with Gasteiger partial charge in [0.2, 0.25) is 0 Å². The van der Waals surface area contributed by atoms with E-state index in [2.05, 4.69) is 28.3 Å². The van der Waals surface area contributed by atoms with Crippen LogP contribution in [0.4, 0.5) is 0 Å². The minimum absolute atomic E-state index is 0.100. The van der Waals surface area contributed by atoms with Crippen molar-refractivity contribution in [2.24, 2.45) is 0 Å². The molecular formula is C14H12N4OS. The predicted molar refractivity (Wildman–Crippen MR) is 77.2 cm³/mol. The molecule has 0 N–H and O–H groups in total. The number of rotatable bonds is 2. The predicted octanol–water partition coefficient (Wildman–Crippen LogP) is 1.78. The molecule has 0 saturated carbocycles. The zero-order valence-corrected chi connectivity index (χ0v) is 11.5. The van der Waals surface area contributed by atoms with E-state index in [1.165, 1.54) is 14.9 Å². The van der Waals surface area contributed by atoms with Gasteiger partial charge in [-0.2, -0.15) is 0 Å². The van der Waals surface area contributed by atoms with Gasteiger partial charge in [0, 0.05) is 29.0 Å². The third-order valence-corrected chi connectivity index (χ3v) is 4.83. The van der Waals surface area contributed by atoms with E-state index in [0.717, 1.165) is 5.75 Å². The van der Waals surface area contributed by atoms with E-state index in [-0.39, 0.29) is 5.69 Å². The van der Waals surface area contributed by atoms with E-state index >= 15 is 0 Å². The second-order valence-corrected chi connectivity index (χ2v) is 5.88. The molecule has 0 spiro atoms. The number of thioether (sulfide) groups is 1. The Labute approximate surface area is 119 Å². The van der Waals surface area contributed by atoms with E-state index in [1.807, 2.05) is 17.8 Å². The molecule has 1 aliphatic heterocycles. The van der Waals surface area contributed by atoms with Gasteiger partial charge in [-0.05, 0) is 11.6 Å². The van der Waals surface area contributed by atoms with Gasteiger partial charge in [-0.25, -0.2) is 13.9 Å². The third kappa shape index (κ3) is 1.76. The molecule has 20 heavy (non-hydrogen) atoms. The van der Waals surface area contributed by atoms with Crippen LogP contribution in [0.15, 0.2) is 52.5 Å². The molecule has 1 aliphatic rings. The summed E-state index contributed by atoms with van der Waals surface area (Å²) in [5, 5.41) is 4.34. The molecule has 100 valence electrons. The van der Waals surface area contributed by atoms with Crippen LogP contribution >= 0.6 is 11.8 Å². The van der Waals surface area contributed by atoms with Crippen LogP contribution in [0.1, 0.15) is 11.5 Å². The van der Waals surface area contributed by atoms with Crippen LogP contribution in [-0.2, 0) is 6.54 Å². The van der Waals surface area contributed by atoms with E-state index in [9.17, 15) is 4.79 Å². The molecule has 0 radical (unpaired) electrons. The van der Waals surface area contributed by atoms with Crippen LogP contribution < -0.4 is 5.69 Å². The molecule has 0 bridgehead atoms. The smallest absolute Gasteiger partial charge is 0.259 e. The lowest BCUT2D eigenvalue weighted by molar-refractivity contribution is 0.533. The van der Waals surface area contributed by atoms with Gasteiger partial charge in [0.15, 0.2) is 5.65 Å². The van der Waals surface area contributed by atoms with Crippen molar-refractivity contribution in [3.63, 3.8) is 0 Å². The van der Waals surface area contributed by atoms with Crippen molar-refractivity contribution in [2.75, 3.05) is 5.75 Å². The van der Waals surface area contributed by atoms with Crippen LogP contribution in [0, 0.1) is 0 Å². The van der Waals surface area contributed by atoms with Crippen molar-refractivity contribution < 1.29 is 0 Å². The lowest BCUT2D eigenvalue weighted by Crippen LogP contribution is -2.24. The molecule has 3 heterocycles. The van der Waals surface area contributed by atoms with Gasteiger partial charge in [0.1, 0.15) is 0 Å². The van der Waals surface area contributed by atoms with E-state index in [1.54, 1.807) is 23.3 Å². The van der Waals surface area contributed by atoms with Gasteiger partial charge < -0.3 is 0 Å². The van der Waals surface area contributed by atoms with Gasteiger partial charge in [-0.15, -0.1) is 16.9 Å². The molecule has 6 heteroatoms. The largest absolute Gasteiger partial charge is 0.350 e. The fourth-order valence-electron chi connectivity index (χ4n) is 2.59. The topological polar surface area (TPSA) is 52.2 Å². The molecule has 0 fully saturated rings. The average Bonchev–Trinajstić information content (AvgIpc) is 3.03.